The summed E-state index contributed by atoms with van der Waals surface area (Å²) in [6, 6.07) is 0. The Morgan fingerprint density at radius 1 is 1.47 bits per heavy atom. The van der Waals surface area contributed by atoms with Crippen molar-refractivity contribution < 1.29 is 4.79 Å². The summed E-state index contributed by atoms with van der Waals surface area (Å²) in [6.07, 6.45) is 4.19. The zero-order valence-corrected chi connectivity index (χ0v) is 10.0. The molecule has 0 spiro atoms. The first-order valence-corrected chi connectivity index (χ1v) is 6.11. The number of nitrogens with zero attached hydrogens (tertiary/aromatic N) is 1. The fraction of sp³-hybridized carbons (Fsp3) is 0.917. The molecule has 1 fully saturated rings. The van der Waals surface area contributed by atoms with Crippen LogP contribution in [0.5, 0.6) is 0 Å². The van der Waals surface area contributed by atoms with E-state index in [0.29, 0.717) is 24.8 Å². The highest BCUT2D eigenvalue weighted by Crippen LogP contribution is 2.17. The van der Waals surface area contributed by atoms with Crippen LogP contribution in [0.1, 0.15) is 39.5 Å². The van der Waals surface area contributed by atoms with Crippen molar-refractivity contribution >= 4 is 5.91 Å². The molecule has 0 aromatic heterocycles. The van der Waals surface area contributed by atoms with Crippen molar-refractivity contribution in [3.05, 3.63) is 0 Å². The van der Waals surface area contributed by atoms with E-state index in [-0.39, 0.29) is 0 Å². The number of carbonyl (C=O) groups is 1. The Labute approximate surface area is 93.0 Å². The SMILES string of the molecule is CC1CCCN(C(=O)CC(C)CN)CC1. The number of hydrogen-bond acceptors (Lipinski definition) is 2. The van der Waals surface area contributed by atoms with E-state index in [2.05, 4.69) is 6.92 Å². The molecule has 1 rings (SSSR count). The Balaban J connectivity index is 2.38. The smallest absolute Gasteiger partial charge is 0.222 e. The number of amides is 1. The Kier molecular flexibility index (Phi) is 5.09. The fourth-order valence-electron chi connectivity index (χ4n) is 2.02. The maximum atomic E-state index is 11.9. The van der Waals surface area contributed by atoms with Crippen LogP contribution in [-0.4, -0.2) is 30.4 Å². The van der Waals surface area contributed by atoms with E-state index >= 15 is 0 Å². The van der Waals surface area contributed by atoms with Gasteiger partial charge in [0, 0.05) is 19.5 Å². The van der Waals surface area contributed by atoms with E-state index in [0.717, 1.165) is 31.8 Å². The van der Waals surface area contributed by atoms with Gasteiger partial charge in [0.25, 0.3) is 0 Å². The van der Waals surface area contributed by atoms with Gasteiger partial charge in [0.15, 0.2) is 0 Å². The Hall–Kier alpha value is -0.570. The maximum absolute atomic E-state index is 11.9. The highest BCUT2D eigenvalue weighted by atomic mass is 16.2. The average molecular weight is 212 g/mol. The van der Waals surface area contributed by atoms with Crippen LogP contribution in [-0.2, 0) is 4.79 Å². The van der Waals surface area contributed by atoms with Gasteiger partial charge in [-0.15, -0.1) is 0 Å². The third-order valence-electron chi connectivity index (χ3n) is 3.29. The molecule has 15 heavy (non-hydrogen) atoms. The molecule has 0 bridgehead atoms. The molecule has 0 saturated carbocycles. The van der Waals surface area contributed by atoms with E-state index in [1.165, 1.54) is 6.42 Å². The van der Waals surface area contributed by atoms with Gasteiger partial charge in [0.05, 0.1) is 0 Å². The number of likely N-dealkylation sites (tertiary alicyclic amines) is 1. The molecular weight excluding hydrogens is 188 g/mol. The fourth-order valence-corrected chi connectivity index (χ4v) is 2.02. The molecule has 1 amide bonds. The number of carbonyl (C=O) groups excluding carboxylic acids is 1. The third kappa shape index (κ3) is 4.20. The van der Waals surface area contributed by atoms with Gasteiger partial charge >= 0.3 is 0 Å². The van der Waals surface area contributed by atoms with Gasteiger partial charge in [-0.2, -0.15) is 0 Å². The summed E-state index contributed by atoms with van der Waals surface area (Å²) in [5.74, 6) is 1.38. The van der Waals surface area contributed by atoms with Gasteiger partial charge in [0.2, 0.25) is 5.91 Å². The summed E-state index contributed by atoms with van der Waals surface area (Å²) in [6.45, 7) is 6.81. The molecule has 0 radical (unpaired) electrons. The molecule has 1 saturated heterocycles. The van der Waals surface area contributed by atoms with E-state index in [1.54, 1.807) is 0 Å². The summed E-state index contributed by atoms with van der Waals surface area (Å²) in [5.41, 5.74) is 5.53. The molecule has 1 aliphatic heterocycles. The third-order valence-corrected chi connectivity index (χ3v) is 3.29. The highest BCUT2D eigenvalue weighted by Gasteiger charge is 2.19. The second-order valence-electron chi connectivity index (χ2n) is 4.96. The number of rotatable bonds is 3. The van der Waals surface area contributed by atoms with Crippen LogP contribution < -0.4 is 5.73 Å². The van der Waals surface area contributed by atoms with Crippen LogP contribution in [0.2, 0.25) is 0 Å². The van der Waals surface area contributed by atoms with E-state index in [9.17, 15) is 4.79 Å². The molecule has 1 aliphatic rings. The van der Waals surface area contributed by atoms with Crippen LogP contribution in [0.15, 0.2) is 0 Å². The van der Waals surface area contributed by atoms with Crippen LogP contribution in [0, 0.1) is 11.8 Å². The van der Waals surface area contributed by atoms with Crippen LogP contribution in [0.4, 0.5) is 0 Å². The van der Waals surface area contributed by atoms with Crippen molar-refractivity contribution in [2.75, 3.05) is 19.6 Å². The predicted octanol–water partition coefficient (Wildman–Crippen LogP) is 1.62. The Morgan fingerprint density at radius 2 is 2.20 bits per heavy atom. The molecule has 0 aromatic carbocycles. The molecule has 1 heterocycles. The molecule has 0 aliphatic carbocycles. The summed E-state index contributed by atoms with van der Waals surface area (Å²) in [4.78, 5) is 13.9. The van der Waals surface area contributed by atoms with Crippen LogP contribution >= 0.6 is 0 Å². The minimum absolute atomic E-state index is 0.294. The highest BCUT2D eigenvalue weighted by molar-refractivity contribution is 5.76. The van der Waals surface area contributed by atoms with E-state index in [4.69, 9.17) is 5.73 Å². The zero-order valence-electron chi connectivity index (χ0n) is 10.0. The van der Waals surface area contributed by atoms with Gasteiger partial charge in [-0.3, -0.25) is 4.79 Å². The summed E-state index contributed by atoms with van der Waals surface area (Å²) in [5, 5.41) is 0. The average Bonchev–Trinajstić information content (AvgIpc) is 2.42. The molecule has 0 aromatic rings. The lowest BCUT2D eigenvalue weighted by atomic mass is 10.0. The topological polar surface area (TPSA) is 46.3 Å². The second kappa shape index (κ2) is 6.11. The maximum Gasteiger partial charge on any atom is 0.222 e. The monoisotopic (exact) mass is 212 g/mol. The van der Waals surface area contributed by atoms with Crippen molar-refractivity contribution in [2.45, 2.75) is 39.5 Å². The van der Waals surface area contributed by atoms with E-state index < -0.39 is 0 Å². The van der Waals surface area contributed by atoms with Gasteiger partial charge in [-0.25, -0.2) is 0 Å². The first kappa shape index (κ1) is 12.5. The minimum atomic E-state index is 0.294. The van der Waals surface area contributed by atoms with Crippen molar-refractivity contribution in [1.82, 2.24) is 4.90 Å². The molecule has 3 heteroatoms. The van der Waals surface area contributed by atoms with Crippen molar-refractivity contribution in [3.63, 3.8) is 0 Å². The normalized spacial score (nSPS) is 24.7. The standard InChI is InChI=1S/C12H24N2O/c1-10-4-3-6-14(7-5-10)12(15)8-11(2)9-13/h10-11H,3-9,13H2,1-2H3. The number of nitrogens with two attached hydrogens (primary N) is 1. The number of hydrogen-bond donors (Lipinski definition) is 1. The molecule has 3 nitrogen and oxygen atoms in total. The van der Waals surface area contributed by atoms with Crippen molar-refractivity contribution in [1.29, 1.82) is 0 Å². The molecule has 2 atom stereocenters. The van der Waals surface area contributed by atoms with Gasteiger partial charge in [-0.05, 0) is 37.6 Å². The Bertz CT molecular complexity index is 206. The summed E-state index contributed by atoms with van der Waals surface area (Å²) < 4.78 is 0. The van der Waals surface area contributed by atoms with Crippen LogP contribution in [0.3, 0.4) is 0 Å². The predicted molar refractivity (Wildman–Crippen MR) is 62.4 cm³/mol. The van der Waals surface area contributed by atoms with Crippen molar-refractivity contribution in [2.24, 2.45) is 17.6 Å². The molecule has 88 valence electrons. The van der Waals surface area contributed by atoms with Gasteiger partial charge < -0.3 is 10.6 Å². The van der Waals surface area contributed by atoms with E-state index in [1.807, 2.05) is 11.8 Å². The van der Waals surface area contributed by atoms with Crippen molar-refractivity contribution in [3.8, 4) is 0 Å². The lowest BCUT2D eigenvalue weighted by Crippen LogP contribution is -2.33. The Morgan fingerprint density at radius 3 is 2.87 bits per heavy atom. The largest absolute Gasteiger partial charge is 0.343 e. The lowest BCUT2D eigenvalue weighted by Gasteiger charge is -2.22. The molecule has 2 unspecified atom stereocenters. The minimum Gasteiger partial charge on any atom is -0.343 e. The molecular formula is C12H24N2O. The molecule has 2 N–H and O–H groups in total. The first-order chi connectivity index (χ1) is 7.13. The summed E-state index contributed by atoms with van der Waals surface area (Å²) >= 11 is 0. The second-order valence-corrected chi connectivity index (χ2v) is 4.96. The van der Waals surface area contributed by atoms with Gasteiger partial charge in [-0.1, -0.05) is 13.8 Å². The summed E-state index contributed by atoms with van der Waals surface area (Å²) in [7, 11) is 0. The van der Waals surface area contributed by atoms with Crippen LogP contribution in [0.25, 0.3) is 0 Å². The zero-order chi connectivity index (χ0) is 11.3. The quantitative estimate of drug-likeness (QED) is 0.772. The lowest BCUT2D eigenvalue weighted by molar-refractivity contribution is -0.132. The first-order valence-electron chi connectivity index (χ1n) is 6.11. The van der Waals surface area contributed by atoms with Gasteiger partial charge in [0.1, 0.15) is 0 Å².